The van der Waals surface area contributed by atoms with Gasteiger partial charge in [-0.25, -0.2) is 0 Å². The summed E-state index contributed by atoms with van der Waals surface area (Å²) < 4.78 is 27.5. The number of ether oxygens (including phenoxy) is 4. The lowest BCUT2D eigenvalue weighted by Crippen LogP contribution is -2.10. The molecule has 4 aromatic rings. The van der Waals surface area contributed by atoms with Crippen LogP contribution in [0.2, 0.25) is 0 Å². The second kappa shape index (κ2) is 16.4. The molecule has 1 aliphatic rings. The van der Waals surface area contributed by atoms with Gasteiger partial charge in [-0.1, -0.05) is 82.3 Å². The first-order chi connectivity index (χ1) is 22.1. The Hall–Kier alpha value is -3.19. The quantitative estimate of drug-likeness (QED) is 0.120. The average Bonchev–Trinajstić information content (AvgIpc) is 3.03. The molecule has 0 saturated heterocycles. The highest BCUT2D eigenvalue weighted by molar-refractivity contribution is 14.1. The van der Waals surface area contributed by atoms with E-state index in [2.05, 4.69) is 117 Å². The van der Waals surface area contributed by atoms with Crippen LogP contribution < -0.4 is 18.9 Å². The Morgan fingerprint density at radius 1 is 0.422 bits per heavy atom. The van der Waals surface area contributed by atoms with E-state index in [-0.39, 0.29) is 0 Å². The van der Waals surface area contributed by atoms with Crippen LogP contribution in [0.5, 0.6) is 23.0 Å². The van der Waals surface area contributed by atoms with Crippen LogP contribution in [0.25, 0.3) is 0 Å². The molecular weight excluding hydrogens is 671 g/mol. The number of hydrogen-bond donors (Lipinski definition) is 0. The smallest absolute Gasteiger partial charge is 0.126 e. The standard InChI is InChI=1S/C40H47IO4/c1-5-18-42-37-28-12-9-13-29(37)23-31-15-11-17-33(39(31)44-20-7-3)25-35-27-36(41)26-34(40(35)45-21-8-4)24-32-16-10-14-30(22-28)38(32)43-19-6-2/h9-17,26-27H,5-8,18-25H2,1-4H3. The van der Waals surface area contributed by atoms with Crippen LogP contribution in [-0.4, -0.2) is 26.4 Å². The first-order valence-corrected chi connectivity index (χ1v) is 17.8. The van der Waals surface area contributed by atoms with Crippen molar-refractivity contribution in [3.63, 3.8) is 0 Å². The highest BCUT2D eigenvalue weighted by Crippen LogP contribution is 2.39. The van der Waals surface area contributed by atoms with Crippen molar-refractivity contribution in [1.82, 2.24) is 0 Å². The maximum atomic E-state index is 6.59. The molecule has 45 heavy (non-hydrogen) atoms. The van der Waals surface area contributed by atoms with Crippen molar-refractivity contribution in [2.24, 2.45) is 0 Å². The molecule has 0 heterocycles. The molecule has 0 radical (unpaired) electrons. The molecule has 5 heteroatoms. The van der Waals surface area contributed by atoms with Crippen LogP contribution in [0.1, 0.15) is 97.9 Å². The van der Waals surface area contributed by atoms with Gasteiger partial charge in [-0.3, -0.25) is 0 Å². The minimum Gasteiger partial charge on any atom is -0.493 e. The van der Waals surface area contributed by atoms with Gasteiger partial charge in [0.15, 0.2) is 0 Å². The molecule has 0 atom stereocenters. The van der Waals surface area contributed by atoms with Crippen molar-refractivity contribution >= 4 is 22.6 Å². The van der Waals surface area contributed by atoms with Crippen LogP contribution in [-0.2, 0) is 25.7 Å². The van der Waals surface area contributed by atoms with Crippen LogP contribution >= 0.6 is 22.6 Å². The van der Waals surface area contributed by atoms with E-state index in [0.717, 1.165) is 74.4 Å². The first kappa shape index (κ1) is 33.2. The Labute approximate surface area is 283 Å². The summed E-state index contributed by atoms with van der Waals surface area (Å²) in [6.45, 7) is 11.4. The molecule has 0 saturated carbocycles. The van der Waals surface area contributed by atoms with Gasteiger partial charge in [-0.2, -0.15) is 0 Å². The molecular formula is C40H47IO4. The summed E-state index contributed by atoms with van der Waals surface area (Å²) in [6.07, 6.45) is 6.73. The molecule has 0 N–H and O–H groups in total. The normalized spacial score (nSPS) is 12.5. The van der Waals surface area contributed by atoms with E-state index in [1.54, 1.807) is 0 Å². The number of halogens is 1. The average molecular weight is 719 g/mol. The Balaban J connectivity index is 1.76. The highest BCUT2D eigenvalue weighted by atomic mass is 127. The molecule has 0 spiro atoms. The molecule has 8 bridgehead atoms. The molecule has 0 aliphatic heterocycles. The second-order valence-electron chi connectivity index (χ2n) is 11.9. The summed E-state index contributed by atoms with van der Waals surface area (Å²) in [5, 5.41) is 0. The number of rotatable bonds is 12. The van der Waals surface area contributed by atoms with Crippen molar-refractivity contribution in [2.75, 3.05) is 26.4 Å². The first-order valence-electron chi connectivity index (χ1n) is 16.7. The van der Waals surface area contributed by atoms with Gasteiger partial charge in [0.25, 0.3) is 0 Å². The van der Waals surface area contributed by atoms with Gasteiger partial charge in [-0.05, 0) is 105 Å². The lowest BCUT2D eigenvalue weighted by molar-refractivity contribution is 0.304. The molecule has 0 aromatic heterocycles. The van der Waals surface area contributed by atoms with Gasteiger partial charge in [-0.15, -0.1) is 0 Å². The van der Waals surface area contributed by atoms with Crippen LogP contribution in [0.3, 0.4) is 0 Å². The van der Waals surface area contributed by atoms with Crippen molar-refractivity contribution in [3.8, 4) is 23.0 Å². The van der Waals surface area contributed by atoms with Crippen LogP contribution in [0, 0.1) is 3.57 Å². The Bertz CT molecular complexity index is 1470. The van der Waals surface area contributed by atoms with E-state index in [9.17, 15) is 0 Å². The van der Waals surface area contributed by atoms with E-state index in [1.165, 1.54) is 48.1 Å². The van der Waals surface area contributed by atoms with Gasteiger partial charge in [0.1, 0.15) is 23.0 Å². The molecule has 1 aliphatic carbocycles. The van der Waals surface area contributed by atoms with E-state index in [1.807, 2.05) is 0 Å². The van der Waals surface area contributed by atoms with E-state index in [4.69, 9.17) is 18.9 Å². The minimum atomic E-state index is 0.675. The molecule has 5 rings (SSSR count). The van der Waals surface area contributed by atoms with Crippen molar-refractivity contribution in [3.05, 3.63) is 115 Å². The Kier molecular flexibility index (Phi) is 12.1. The summed E-state index contributed by atoms with van der Waals surface area (Å²) in [6, 6.07) is 24.3. The van der Waals surface area contributed by atoms with Gasteiger partial charge in [0.2, 0.25) is 0 Å². The second-order valence-corrected chi connectivity index (χ2v) is 13.1. The van der Waals surface area contributed by atoms with Gasteiger partial charge in [0.05, 0.1) is 26.4 Å². The zero-order chi connectivity index (χ0) is 31.6. The maximum Gasteiger partial charge on any atom is 0.126 e. The van der Waals surface area contributed by atoms with Gasteiger partial charge < -0.3 is 18.9 Å². The summed E-state index contributed by atoms with van der Waals surface area (Å²) in [4.78, 5) is 0. The monoisotopic (exact) mass is 718 g/mol. The maximum absolute atomic E-state index is 6.59. The third-order valence-corrected chi connectivity index (χ3v) is 8.69. The third-order valence-electron chi connectivity index (χ3n) is 8.07. The fourth-order valence-electron chi connectivity index (χ4n) is 6.10. The predicted octanol–water partition coefficient (Wildman–Crippen LogP) is 10.1. The molecule has 0 fully saturated rings. The van der Waals surface area contributed by atoms with Crippen LogP contribution in [0.4, 0.5) is 0 Å². The molecule has 238 valence electrons. The number of para-hydroxylation sites is 3. The van der Waals surface area contributed by atoms with Crippen molar-refractivity contribution < 1.29 is 18.9 Å². The lowest BCUT2D eigenvalue weighted by atomic mass is 9.91. The fraction of sp³-hybridized carbons (Fsp3) is 0.400. The number of fused-ring (bicyclic) bond motifs is 8. The summed E-state index contributed by atoms with van der Waals surface area (Å²) in [5.74, 6) is 3.95. The van der Waals surface area contributed by atoms with Gasteiger partial charge in [0, 0.05) is 29.3 Å². The SMILES string of the molecule is CCCOc1c2cccc1Cc1cccc(c1OCCC)Cc1cc(I)cc(c1OCCC)Cc1cccc(c1OCCC)C2. The lowest BCUT2D eigenvalue weighted by Gasteiger charge is -2.23. The largest absolute Gasteiger partial charge is 0.493 e. The van der Waals surface area contributed by atoms with E-state index in [0.29, 0.717) is 26.4 Å². The zero-order valence-electron chi connectivity index (χ0n) is 27.3. The molecule has 0 amide bonds. The molecule has 4 nitrogen and oxygen atoms in total. The number of hydrogen-bond acceptors (Lipinski definition) is 4. The van der Waals surface area contributed by atoms with E-state index >= 15 is 0 Å². The number of benzene rings is 4. The molecule has 4 aromatic carbocycles. The van der Waals surface area contributed by atoms with E-state index < -0.39 is 0 Å². The summed E-state index contributed by atoms with van der Waals surface area (Å²) in [5.41, 5.74) is 9.48. The Morgan fingerprint density at radius 2 is 0.667 bits per heavy atom. The zero-order valence-corrected chi connectivity index (χ0v) is 29.5. The fourth-order valence-corrected chi connectivity index (χ4v) is 6.85. The van der Waals surface area contributed by atoms with Crippen molar-refractivity contribution in [1.29, 1.82) is 0 Å². The predicted molar refractivity (Wildman–Crippen MR) is 193 cm³/mol. The topological polar surface area (TPSA) is 36.9 Å². The highest BCUT2D eigenvalue weighted by Gasteiger charge is 2.22. The minimum absolute atomic E-state index is 0.675. The van der Waals surface area contributed by atoms with Crippen LogP contribution in [0.15, 0.2) is 66.7 Å². The Morgan fingerprint density at radius 3 is 0.933 bits per heavy atom. The van der Waals surface area contributed by atoms with Gasteiger partial charge >= 0.3 is 0 Å². The molecule has 0 unspecified atom stereocenters. The third kappa shape index (κ3) is 8.16. The summed E-state index contributed by atoms with van der Waals surface area (Å²) in [7, 11) is 0. The summed E-state index contributed by atoms with van der Waals surface area (Å²) >= 11 is 2.45. The van der Waals surface area contributed by atoms with Crippen molar-refractivity contribution in [2.45, 2.75) is 79.1 Å².